The van der Waals surface area contributed by atoms with Gasteiger partial charge in [0, 0.05) is 26.9 Å². The molecule has 0 spiro atoms. The lowest BCUT2D eigenvalue weighted by molar-refractivity contribution is -0.193. The molecule has 12 aromatic carbocycles. The Bertz CT molecular complexity index is 5730. The van der Waals surface area contributed by atoms with E-state index in [1.54, 1.807) is 58.0 Å². The van der Waals surface area contributed by atoms with Gasteiger partial charge in [0.15, 0.2) is 0 Å². The number of rotatable bonds is 18. The van der Waals surface area contributed by atoms with Crippen LogP contribution in [0.4, 0.5) is 0 Å². The zero-order chi connectivity index (χ0) is 96.1. The summed E-state index contributed by atoms with van der Waals surface area (Å²) in [6.45, 7) is 6.38. The molecule has 17 rings (SSSR count). The number of aryl methyl sites for hydroxylation is 3. The number of hydrogen-bond acceptors (Lipinski definition) is 23. The molecule has 0 unspecified atom stereocenters. The van der Waals surface area contributed by atoms with E-state index in [0.717, 1.165) is 34.3 Å². The third-order valence-corrected chi connectivity index (χ3v) is 27.5. The van der Waals surface area contributed by atoms with Crippen LogP contribution in [0.5, 0.6) is 5.88 Å². The van der Waals surface area contributed by atoms with Crippen LogP contribution in [0.2, 0.25) is 0 Å². The molecule has 0 atom stereocenters. The zero-order valence-corrected chi connectivity index (χ0v) is 82.0. The van der Waals surface area contributed by atoms with E-state index in [4.69, 9.17) is 62.3 Å². The van der Waals surface area contributed by atoms with Crippen molar-refractivity contribution in [3.05, 3.63) is 473 Å². The van der Waals surface area contributed by atoms with Gasteiger partial charge in [0.25, 0.3) is 0 Å². The van der Waals surface area contributed by atoms with Crippen molar-refractivity contribution in [1.29, 1.82) is 0 Å². The van der Waals surface area contributed by atoms with Crippen molar-refractivity contribution in [2.24, 2.45) is 0 Å². The van der Waals surface area contributed by atoms with Crippen LogP contribution >= 0.6 is 87.8 Å². The molecule has 5 aromatic heterocycles. The Labute approximate surface area is 820 Å². The molecule has 134 heavy (non-hydrogen) atoms. The van der Waals surface area contributed by atoms with Crippen molar-refractivity contribution in [3.8, 4) is 5.88 Å². The van der Waals surface area contributed by atoms with Crippen LogP contribution in [-0.4, -0.2) is 68.9 Å². The van der Waals surface area contributed by atoms with E-state index in [-0.39, 0.29) is 53.9 Å². The maximum absolute atomic E-state index is 8.12. The van der Waals surface area contributed by atoms with Gasteiger partial charge in [-0.05, 0) is 139 Å². The number of carbonyl (C=O) groups excluding carboxylic acids is 12. The van der Waals surface area contributed by atoms with Crippen molar-refractivity contribution < 1.29 is 79.3 Å². The van der Waals surface area contributed by atoms with Gasteiger partial charge < -0.3 is 21.7 Å². The molecule has 0 aliphatic rings. The Hall–Kier alpha value is -14.4. The van der Waals surface area contributed by atoms with Gasteiger partial charge >= 0.3 is 36.9 Å². The second-order valence-corrected chi connectivity index (χ2v) is 36.0. The number of thiazole rings is 5. The summed E-state index contributed by atoms with van der Waals surface area (Å²) < 4.78 is 4.75. The predicted molar refractivity (Wildman–Crippen MR) is 542 cm³/mol. The maximum Gasteiger partial charge on any atom is 0.373 e. The van der Waals surface area contributed by atoms with E-state index in [1.807, 2.05) is 128 Å². The summed E-state index contributed by atoms with van der Waals surface area (Å²) in [4.78, 5) is 118. The molecule has 0 radical (unpaired) electrons. The first kappa shape index (κ1) is 114. The van der Waals surface area contributed by atoms with Crippen LogP contribution in [0.3, 0.4) is 0 Å². The summed E-state index contributed by atoms with van der Waals surface area (Å²) in [6.07, 6.45) is 18.9. The van der Waals surface area contributed by atoms with Crippen LogP contribution in [0.1, 0.15) is 72.8 Å². The first-order chi connectivity index (χ1) is 65.2. The first-order valence-corrected chi connectivity index (χ1v) is 48.9. The minimum atomic E-state index is -1.79. The van der Waals surface area contributed by atoms with E-state index in [1.165, 1.54) is 93.2 Å². The highest BCUT2D eigenvalue weighted by molar-refractivity contribution is 9.08. The number of aromatic nitrogens is 5. The molecular weight excluding hydrogens is 1950 g/mol. The van der Waals surface area contributed by atoms with Gasteiger partial charge in [-0.15, -0.1) is 56.7 Å². The molecule has 0 aliphatic carbocycles. The monoisotopic (exact) mass is 2030 g/mol. The highest BCUT2D eigenvalue weighted by Gasteiger charge is 2.45. The Kier molecular flexibility index (Phi) is 63.1. The van der Waals surface area contributed by atoms with E-state index >= 15 is 0 Å². The number of alkyl halides is 1. The van der Waals surface area contributed by atoms with E-state index in [2.05, 4.69) is 377 Å². The van der Waals surface area contributed by atoms with Gasteiger partial charge in [0.2, 0.25) is 5.88 Å². The van der Waals surface area contributed by atoms with Crippen molar-refractivity contribution in [3.63, 3.8) is 0 Å². The molecule has 0 amide bonds. The average molecular weight is 2040 g/mol. The molecule has 17 aromatic rings. The van der Waals surface area contributed by atoms with Gasteiger partial charge in [-0.2, -0.15) is 57.5 Å². The lowest BCUT2D eigenvalue weighted by Crippen LogP contribution is -3.00. The zero-order valence-electron chi connectivity index (χ0n) is 73.0. The standard InChI is InChI=1S/C26H24P.C18H15P.C12H11NS.3C11H9NS.C8H9Br.C4H5NOS.6CO2.BrH/c1-22-12-11-13-23(20-22)21-27(24-14-5-2-6-15-24,25-16-7-3-8-17-25)26-18-9-4-10-19-26;1-4-10-16(11-5-1)19(17-12-6-2-7-13-17)18-14-8-3-9-15-18;1-10-3-2-4-11(7-10)5-6-12-8-14-9-13-12;3*1-2-4-10(5-3-1)6-7-11-8-13-9-12-11;1-7-3-2-4-8(5-7)6-9;1-6-4-2-7-3-5-4;6*2-1-3;/h2-20H,21H2,1H3;1-15H;2-9H,1H3;3*1-9H;2-5H,6H2,1H3;2-3H,1H3;;;;;;;1H/q+1;;;;;;;;;;;;;;/p-1/b;;6-5+;2*7-6+;7-6-;;;;;;;;;. The number of hydrogen-bond donors (Lipinski definition) is 0. The topological polar surface area (TPSA) is 279 Å². The van der Waals surface area contributed by atoms with Crippen molar-refractivity contribution >= 4 is 205 Å². The van der Waals surface area contributed by atoms with E-state index in [9.17, 15) is 0 Å². The number of nitrogens with zero attached hydrogens (tertiary/aromatic N) is 5. The van der Waals surface area contributed by atoms with Gasteiger partial charge in [0.1, 0.15) is 23.2 Å². The van der Waals surface area contributed by atoms with Gasteiger partial charge in [-0.25, -0.2) is 24.9 Å². The molecular formula is C107H91Br2N5O13P2S5. The number of methoxy groups -OCH3 is 1. The largest absolute Gasteiger partial charge is 1.00 e. The van der Waals surface area contributed by atoms with Crippen molar-refractivity contribution in [1.82, 2.24) is 24.9 Å². The lowest BCUT2D eigenvalue weighted by Gasteiger charge is -2.28. The van der Waals surface area contributed by atoms with Gasteiger partial charge in [0.05, 0.1) is 69.0 Å². The fourth-order valence-electron chi connectivity index (χ4n) is 11.5. The Balaban J connectivity index is 0.000000392. The SMILES string of the molecule is C(=C/c1cscn1)/c1ccccc1.C(=C\c1cscn1)/c1ccccc1.C(=C\c1cscn1)/c1ccccc1.COc1cscn1.Cc1cccc(/C=C/c2cscn2)c1.Cc1cccc(CBr)c1.Cc1cccc(C[P+](c2ccccc2)(c2ccccc2)c2ccccc2)c1.O=C=O.O=C=O.O=C=O.O=C=O.O=C=O.O=C=O.[Br-].c1ccc(P(c2ccccc2)c2ccccc2)cc1. The summed E-state index contributed by atoms with van der Waals surface area (Å²) >= 11 is 11.4. The summed E-state index contributed by atoms with van der Waals surface area (Å²) in [5, 5.41) is 19.4. The highest BCUT2D eigenvalue weighted by Crippen LogP contribution is 2.58. The molecule has 0 saturated carbocycles. The summed E-state index contributed by atoms with van der Waals surface area (Å²) in [7, 11) is -0.635. The lowest BCUT2D eigenvalue weighted by atomic mass is 10.1. The molecule has 0 aliphatic heterocycles. The number of halogens is 2. The number of benzene rings is 12. The summed E-state index contributed by atoms with van der Waals surface area (Å²) in [5.74, 6) is 0.699. The molecule has 676 valence electrons. The Morgan fingerprint density at radius 1 is 0.291 bits per heavy atom. The summed E-state index contributed by atoms with van der Waals surface area (Å²) in [6, 6.07) is 122. The van der Waals surface area contributed by atoms with Crippen molar-refractivity contribution in [2.75, 3.05) is 7.11 Å². The third-order valence-electron chi connectivity index (χ3n) is 17.0. The van der Waals surface area contributed by atoms with Crippen LogP contribution in [-0.2, 0) is 69.0 Å². The second-order valence-electron chi connectivity index (χ2n) is 26.1. The second kappa shape index (κ2) is 74.3. The minimum absolute atomic E-state index is 0. The molecule has 0 N–H and O–H groups in total. The molecule has 0 fully saturated rings. The predicted octanol–water partition coefficient (Wildman–Crippen LogP) is 20.0. The Morgan fingerprint density at radius 3 is 0.769 bits per heavy atom. The normalized spacial score (nSPS) is 9.51. The average Bonchev–Trinajstić information content (AvgIpc) is 0.892. The molecule has 5 heterocycles. The van der Waals surface area contributed by atoms with Crippen LogP contribution in [0.25, 0.3) is 48.6 Å². The third kappa shape index (κ3) is 48.5. The van der Waals surface area contributed by atoms with Gasteiger partial charge in [-0.3, -0.25) is 0 Å². The van der Waals surface area contributed by atoms with Crippen LogP contribution in [0.15, 0.2) is 400 Å². The highest BCUT2D eigenvalue weighted by atomic mass is 79.9. The molecule has 0 bridgehead atoms. The van der Waals surface area contributed by atoms with E-state index in [0.29, 0.717) is 5.88 Å². The van der Waals surface area contributed by atoms with Crippen molar-refractivity contribution in [2.45, 2.75) is 32.3 Å². The summed E-state index contributed by atoms with van der Waals surface area (Å²) in [5.41, 5.74) is 24.7. The Morgan fingerprint density at radius 2 is 0.530 bits per heavy atom. The smallest absolute Gasteiger partial charge is 0.373 e. The fraction of sp³-hybridized carbons (Fsp3) is 0.0561. The molecule has 27 heteroatoms. The quantitative estimate of drug-likeness (QED) is 0.0570. The van der Waals surface area contributed by atoms with Crippen LogP contribution in [0, 0.1) is 20.8 Å². The minimum Gasteiger partial charge on any atom is -1.00 e. The fourth-order valence-corrected chi connectivity index (χ4v) is 21.0. The molecule has 18 nitrogen and oxygen atoms in total. The molecule has 0 saturated heterocycles. The number of ether oxygens (including phenoxy) is 1. The first-order valence-electron chi connectivity index (χ1n) is 39.7. The maximum atomic E-state index is 8.12. The van der Waals surface area contributed by atoms with Crippen LogP contribution < -0.4 is 53.5 Å². The van der Waals surface area contributed by atoms with E-state index < -0.39 is 15.2 Å². The van der Waals surface area contributed by atoms with Gasteiger partial charge in [-0.1, -0.05) is 366 Å².